The van der Waals surface area contributed by atoms with Gasteiger partial charge in [0.2, 0.25) is 5.91 Å². The molecule has 0 aromatic carbocycles. The highest BCUT2D eigenvalue weighted by molar-refractivity contribution is 5.80. The van der Waals surface area contributed by atoms with Crippen molar-refractivity contribution in [2.75, 3.05) is 19.8 Å². The first-order valence-electron chi connectivity index (χ1n) is 10.7. The number of carbonyl (C=O) groups excluding carboxylic acids is 3. The minimum atomic E-state index is -1.07. The molecule has 0 fully saturated rings. The second kappa shape index (κ2) is 18.7. The summed E-state index contributed by atoms with van der Waals surface area (Å²) in [5.74, 6) is -1.34. The normalized spacial score (nSPS) is 11.7. The van der Waals surface area contributed by atoms with Gasteiger partial charge in [0.25, 0.3) is 0 Å². The molecule has 0 aliphatic rings. The SMILES string of the molecule is CCCCCCCCCCCCCC(=O)OCC(O)COC(=O)CNC(C)=O. The third kappa shape index (κ3) is 19.1. The molecule has 0 aromatic rings. The number of unbranched alkanes of at least 4 members (excludes halogenated alkanes) is 10. The lowest BCUT2D eigenvalue weighted by Crippen LogP contribution is -2.31. The average molecular weight is 402 g/mol. The van der Waals surface area contributed by atoms with E-state index in [-0.39, 0.29) is 31.6 Å². The van der Waals surface area contributed by atoms with Crippen LogP contribution in [0.15, 0.2) is 0 Å². The van der Waals surface area contributed by atoms with E-state index >= 15 is 0 Å². The molecular weight excluding hydrogens is 362 g/mol. The third-order valence-corrected chi connectivity index (χ3v) is 4.34. The second-order valence-electron chi connectivity index (χ2n) is 7.22. The zero-order valence-electron chi connectivity index (χ0n) is 17.7. The van der Waals surface area contributed by atoms with E-state index in [1.165, 1.54) is 58.3 Å². The van der Waals surface area contributed by atoms with E-state index in [9.17, 15) is 19.5 Å². The van der Waals surface area contributed by atoms with Crippen LogP contribution in [-0.2, 0) is 23.9 Å². The number of aliphatic hydroxyl groups excluding tert-OH is 1. The van der Waals surface area contributed by atoms with Gasteiger partial charge < -0.3 is 19.9 Å². The molecule has 7 heteroatoms. The molecule has 0 aliphatic heterocycles. The standard InChI is InChI=1S/C21H39NO6/c1-3-4-5-6-7-8-9-10-11-12-13-14-20(25)27-16-19(24)17-28-21(26)15-22-18(2)23/h19,24H,3-17H2,1-2H3,(H,22,23). The lowest BCUT2D eigenvalue weighted by Gasteiger charge is -2.12. The molecular formula is C21H39NO6. The Hall–Kier alpha value is -1.63. The number of hydrogen-bond donors (Lipinski definition) is 2. The van der Waals surface area contributed by atoms with Gasteiger partial charge in [-0.25, -0.2) is 0 Å². The lowest BCUT2D eigenvalue weighted by atomic mass is 10.1. The Morgan fingerprint density at radius 3 is 1.75 bits per heavy atom. The molecule has 0 spiro atoms. The maximum Gasteiger partial charge on any atom is 0.325 e. The van der Waals surface area contributed by atoms with Gasteiger partial charge in [0.05, 0.1) is 0 Å². The van der Waals surface area contributed by atoms with Crippen LogP contribution >= 0.6 is 0 Å². The molecule has 28 heavy (non-hydrogen) atoms. The predicted octanol–water partition coefficient (Wildman–Crippen LogP) is 3.27. The predicted molar refractivity (Wildman–Crippen MR) is 108 cm³/mol. The summed E-state index contributed by atoms with van der Waals surface area (Å²) in [4.78, 5) is 33.6. The van der Waals surface area contributed by atoms with Crippen LogP contribution < -0.4 is 5.32 Å². The highest BCUT2D eigenvalue weighted by atomic mass is 16.6. The summed E-state index contributed by atoms with van der Waals surface area (Å²) < 4.78 is 9.74. The maximum atomic E-state index is 11.6. The number of ether oxygens (including phenoxy) is 2. The molecule has 0 bridgehead atoms. The summed E-state index contributed by atoms with van der Waals surface area (Å²) >= 11 is 0. The molecule has 0 heterocycles. The first-order chi connectivity index (χ1) is 13.5. The molecule has 0 radical (unpaired) electrons. The Kier molecular flexibility index (Phi) is 17.6. The largest absolute Gasteiger partial charge is 0.463 e. The van der Waals surface area contributed by atoms with Crippen LogP contribution in [0.25, 0.3) is 0 Å². The second-order valence-corrected chi connectivity index (χ2v) is 7.22. The summed E-state index contributed by atoms with van der Waals surface area (Å²) in [6.45, 7) is 2.79. The van der Waals surface area contributed by atoms with Gasteiger partial charge in [-0.1, -0.05) is 71.1 Å². The van der Waals surface area contributed by atoms with E-state index in [1.807, 2.05) is 0 Å². The van der Waals surface area contributed by atoms with Crippen LogP contribution in [0, 0.1) is 0 Å². The number of rotatable bonds is 18. The Bertz CT molecular complexity index is 427. The van der Waals surface area contributed by atoms with Crippen molar-refractivity contribution in [1.29, 1.82) is 0 Å². The Morgan fingerprint density at radius 1 is 0.786 bits per heavy atom. The van der Waals surface area contributed by atoms with E-state index in [2.05, 4.69) is 12.2 Å². The molecule has 1 atom stereocenters. The van der Waals surface area contributed by atoms with Crippen molar-refractivity contribution in [2.24, 2.45) is 0 Å². The molecule has 164 valence electrons. The van der Waals surface area contributed by atoms with E-state index in [4.69, 9.17) is 9.47 Å². The number of aliphatic hydroxyl groups is 1. The zero-order valence-corrected chi connectivity index (χ0v) is 17.7. The summed E-state index contributed by atoms with van der Waals surface area (Å²) in [7, 11) is 0. The fourth-order valence-electron chi connectivity index (χ4n) is 2.68. The van der Waals surface area contributed by atoms with E-state index in [0.29, 0.717) is 6.42 Å². The lowest BCUT2D eigenvalue weighted by molar-refractivity contribution is -0.152. The van der Waals surface area contributed by atoms with Gasteiger partial charge in [-0.05, 0) is 6.42 Å². The van der Waals surface area contributed by atoms with Crippen LogP contribution in [0.5, 0.6) is 0 Å². The number of amides is 1. The topological polar surface area (TPSA) is 102 Å². The van der Waals surface area contributed by atoms with Crippen molar-refractivity contribution in [2.45, 2.75) is 97.0 Å². The number of esters is 2. The molecule has 0 rings (SSSR count). The Balaban J connectivity index is 3.44. The summed E-state index contributed by atoms with van der Waals surface area (Å²) in [5, 5.41) is 11.9. The minimum Gasteiger partial charge on any atom is -0.463 e. The van der Waals surface area contributed by atoms with Gasteiger partial charge in [0, 0.05) is 13.3 Å². The number of nitrogens with one attached hydrogen (secondary N) is 1. The van der Waals surface area contributed by atoms with Gasteiger partial charge in [0.1, 0.15) is 25.9 Å². The fraction of sp³-hybridized carbons (Fsp3) is 0.857. The van der Waals surface area contributed by atoms with E-state index < -0.39 is 12.1 Å². The smallest absolute Gasteiger partial charge is 0.325 e. The molecule has 1 unspecified atom stereocenters. The van der Waals surface area contributed by atoms with Crippen LogP contribution in [-0.4, -0.2) is 48.8 Å². The first-order valence-corrected chi connectivity index (χ1v) is 10.7. The van der Waals surface area contributed by atoms with Gasteiger partial charge in [-0.2, -0.15) is 0 Å². The number of hydrogen-bond acceptors (Lipinski definition) is 6. The molecule has 0 saturated carbocycles. The minimum absolute atomic E-state index is 0.204. The fourth-order valence-corrected chi connectivity index (χ4v) is 2.68. The maximum absolute atomic E-state index is 11.6. The highest BCUT2D eigenvalue weighted by Gasteiger charge is 2.12. The summed E-state index contributed by atoms with van der Waals surface area (Å²) in [6, 6.07) is 0. The van der Waals surface area contributed by atoms with Crippen molar-refractivity contribution >= 4 is 17.8 Å². The monoisotopic (exact) mass is 401 g/mol. The molecule has 0 aliphatic carbocycles. The van der Waals surface area contributed by atoms with Gasteiger partial charge in [-0.3, -0.25) is 14.4 Å². The Morgan fingerprint density at radius 2 is 1.25 bits per heavy atom. The van der Waals surface area contributed by atoms with Gasteiger partial charge >= 0.3 is 11.9 Å². The quantitative estimate of drug-likeness (QED) is 0.270. The zero-order chi connectivity index (χ0) is 21.0. The van der Waals surface area contributed by atoms with Crippen molar-refractivity contribution in [3.63, 3.8) is 0 Å². The van der Waals surface area contributed by atoms with Crippen molar-refractivity contribution in [3.05, 3.63) is 0 Å². The number of carbonyl (C=O) groups is 3. The van der Waals surface area contributed by atoms with E-state index in [1.54, 1.807) is 0 Å². The van der Waals surface area contributed by atoms with Gasteiger partial charge in [-0.15, -0.1) is 0 Å². The van der Waals surface area contributed by atoms with Gasteiger partial charge in [0.15, 0.2) is 0 Å². The summed E-state index contributed by atoms with van der Waals surface area (Å²) in [5.41, 5.74) is 0. The third-order valence-electron chi connectivity index (χ3n) is 4.34. The Labute approximate surface area is 169 Å². The van der Waals surface area contributed by atoms with Crippen molar-refractivity contribution in [3.8, 4) is 0 Å². The molecule has 0 aromatic heterocycles. The van der Waals surface area contributed by atoms with Crippen LogP contribution in [0.4, 0.5) is 0 Å². The average Bonchev–Trinajstić information content (AvgIpc) is 2.67. The van der Waals surface area contributed by atoms with Crippen LogP contribution in [0.3, 0.4) is 0 Å². The van der Waals surface area contributed by atoms with E-state index in [0.717, 1.165) is 19.3 Å². The first kappa shape index (κ1) is 26.4. The molecule has 0 saturated heterocycles. The van der Waals surface area contributed by atoms with Crippen LogP contribution in [0.2, 0.25) is 0 Å². The van der Waals surface area contributed by atoms with Crippen molar-refractivity contribution < 1.29 is 29.0 Å². The molecule has 7 nitrogen and oxygen atoms in total. The summed E-state index contributed by atoms with van der Waals surface area (Å²) in [6.07, 6.45) is 12.7. The molecule has 1 amide bonds. The molecule has 2 N–H and O–H groups in total. The van der Waals surface area contributed by atoms with Crippen LogP contribution in [0.1, 0.15) is 90.9 Å². The van der Waals surface area contributed by atoms with Crippen molar-refractivity contribution in [1.82, 2.24) is 5.32 Å². The highest BCUT2D eigenvalue weighted by Crippen LogP contribution is 2.12.